The minimum absolute atomic E-state index is 0.351. The first-order chi connectivity index (χ1) is 9.41. The molecule has 1 N–H and O–H groups in total. The molecule has 0 aromatic heterocycles. The van der Waals surface area contributed by atoms with E-state index < -0.39 is 0 Å². The predicted octanol–water partition coefficient (Wildman–Crippen LogP) is 5.10. The number of unbranched alkanes of at least 4 members (excludes halogenated alkanes) is 12. The highest BCUT2D eigenvalue weighted by Gasteiger charge is 1.93. The standard InChI is InChI=1S/C15H30O2.CH3Cl/c16-14-12-10-8-6-4-2-1-3-5-7-9-11-13-15-17;1-2/h14,17H,1-13,15H2;1H3. The molecule has 0 aromatic rings. The van der Waals surface area contributed by atoms with Gasteiger partial charge in [0.2, 0.25) is 0 Å². The average molecular weight is 293 g/mol. The van der Waals surface area contributed by atoms with E-state index in [-0.39, 0.29) is 0 Å². The Bertz CT molecular complexity index is 152. The van der Waals surface area contributed by atoms with Crippen molar-refractivity contribution in [3.05, 3.63) is 0 Å². The molecule has 3 heteroatoms. The van der Waals surface area contributed by atoms with Gasteiger partial charge in [-0.2, -0.15) is 0 Å². The van der Waals surface area contributed by atoms with E-state index in [2.05, 4.69) is 11.6 Å². The molecule has 0 aliphatic rings. The van der Waals surface area contributed by atoms with Gasteiger partial charge in [-0.25, -0.2) is 0 Å². The van der Waals surface area contributed by atoms with Gasteiger partial charge in [0.25, 0.3) is 0 Å². The minimum Gasteiger partial charge on any atom is -0.396 e. The van der Waals surface area contributed by atoms with Gasteiger partial charge in [-0.3, -0.25) is 0 Å². The summed E-state index contributed by atoms with van der Waals surface area (Å²) in [7, 11) is 0. The Morgan fingerprint density at radius 1 is 0.684 bits per heavy atom. The summed E-state index contributed by atoms with van der Waals surface area (Å²) in [6, 6.07) is 0. The van der Waals surface area contributed by atoms with E-state index in [1.165, 1.54) is 70.6 Å². The van der Waals surface area contributed by atoms with Crippen molar-refractivity contribution in [3.8, 4) is 0 Å². The number of aldehydes is 1. The van der Waals surface area contributed by atoms with Crippen LogP contribution in [0.2, 0.25) is 0 Å². The molecule has 0 rings (SSSR count). The molecule has 0 bridgehead atoms. The SMILES string of the molecule is CCl.O=CCCCCCCCCCCCCCCO. The number of aliphatic hydroxyl groups is 1. The van der Waals surface area contributed by atoms with Crippen molar-refractivity contribution in [1.82, 2.24) is 0 Å². The molecule has 0 fully saturated rings. The molecule has 0 aromatic carbocycles. The first-order valence-corrected chi connectivity index (χ1v) is 8.59. The summed E-state index contributed by atoms with van der Waals surface area (Å²) < 4.78 is 0. The van der Waals surface area contributed by atoms with Gasteiger partial charge in [-0.05, 0) is 12.8 Å². The van der Waals surface area contributed by atoms with Crippen LogP contribution in [0.15, 0.2) is 0 Å². The number of hydrogen-bond acceptors (Lipinski definition) is 2. The molecular weight excluding hydrogens is 260 g/mol. The molecule has 116 valence electrons. The van der Waals surface area contributed by atoms with Crippen molar-refractivity contribution in [1.29, 1.82) is 0 Å². The number of halogens is 1. The zero-order valence-electron chi connectivity index (χ0n) is 12.7. The van der Waals surface area contributed by atoms with Gasteiger partial charge in [0, 0.05) is 19.4 Å². The topological polar surface area (TPSA) is 37.3 Å². The molecule has 0 heterocycles. The first kappa shape index (κ1) is 21.2. The zero-order valence-corrected chi connectivity index (χ0v) is 13.5. The van der Waals surface area contributed by atoms with E-state index in [9.17, 15) is 4.79 Å². The molecule has 0 saturated heterocycles. The predicted molar refractivity (Wildman–Crippen MR) is 84.9 cm³/mol. The van der Waals surface area contributed by atoms with Gasteiger partial charge in [0.1, 0.15) is 6.29 Å². The molecule has 0 radical (unpaired) electrons. The molecular formula is C16H33ClO2. The van der Waals surface area contributed by atoms with Gasteiger partial charge < -0.3 is 9.90 Å². The van der Waals surface area contributed by atoms with Crippen LogP contribution in [0.4, 0.5) is 0 Å². The molecule has 0 unspecified atom stereocenters. The fourth-order valence-electron chi connectivity index (χ4n) is 2.11. The molecule has 19 heavy (non-hydrogen) atoms. The number of carbonyl (C=O) groups is 1. The lowest BCUT2D eigenvalue weighted by atomic mass is 10.0. The summed E-state index contributed by atoms with van der Waals surface area (Å²) in [6.45, 7) is 0.351. The Labute approximate surface area is 124 Å². The molecule has 2 nitrogen and oxygen atoms in total. The fraction of sp³-hybridized carbons (Fsp3) is 0.938. The van der Waals surface area contributed by atoms with E-state index in [0.29, 0.717) is 6.61 Å². The molecule has 0 aliphatic heterocycles. The molecule has 0 aliphatic carbocycles. The highest BCUT2D eigenvalue weighted by molar-refractivity contribution is 6.15. The maximum Gasteiger partial charge on any atom is 0.119 e. The lowest BCUT2D eigenvalue weighted by Crippen LogP contribution is -1.85. The van der Waals surface area contributed by atoms with Crippen molar-refractivity contribution in [2.75, 3.05) is 13.0 Å². The van der Waals surface area contributed by atoms with Crippen LogP contribution in [0.25, 0.3) is 0 Å². The lowest BCUT2D eigenvalue weighted by molar-refractivity contribution is -0.107. The number of aliphatic hydroxyl groups excluding tert-OH is 1. The van der Waals surface area contributed by atoms with Gasteiger partial charge in [0.05, 0.1) is 0 Å². The fourth-order valence-corrected chi connectivity index (χ4v) is 2.11. The van der Waals surface area contributed by atoms with Crippen LogP contribution in [0.1, 0.15) is 83.5 Å². The number of alkyl halides is 1. The van der Waals surface area contributed by atoms with E-state index in [4.69, 9.17) is 5.11 Å². The quantitative estimate of drug-likeness (QED) is 0.275. The molecule has 0 atom stereocenters. The van der Waals surface area contributed by atoms with E-state index in [1.807, 2.05) is 0 Å². The largest absolute Gasteiger partial charge is 0.396 e. The summed E-state index contributed by atoms with van der Waals surface area (Å²) in [5.74, 6) is 0. The molecule has 0 saturated carbocycles. The van der Waals surface area contributed by atoms with Crippen molar-refractivity contribution in [2.45, 2.75) is 83.5 Å². The zero-order chi connectivity index (χ0) is 14.6. The summed E-state index contributed by atoms with van der Waals surface area (Å²) in [6.07, 6.45) is 18.4. The van der Waals surface area contributed by atoms with E-state index >= 15 is 0 Å². The van der Waals surface area contributed by atoms with Crippen molar-refractivity contribution in [2.24, 2.45) is 0 Å². The van der Waals surface area contributed by atoms with Gasteiger partial charge in [-0.15, -0.1) is 11.6 Å². The van der Waals surface area contributed by atoms with Crippen molar-refractivity contribution >= 4 is 17.9 Å². The maximum absolute atomic E-state index is 10.1. The van der Waals surface area contributed by atoms with E-state index in [0.717, 1.165) is 25.5 Å². The number of hydrogen-bond donors (Lipinski definition) is 1. The smallest absolute Gasteiger partial charge is 0.119 e. The number of rotatable bonds is 14. The Kier molecular flexibility index (Phi) is 25.7. The average Bonchev–Trinajstić information content (AvgIpc) is 2.46. The van der Waals surface area contributed by atoms with Gasteiger partial charge in [0.15, 0.2) is 0 Å². The molecule has 0 spiro atoms. The highest BCUT2D eigenvalue weighted by atomic mass is 35.5. The summed E-state index contributed by atoms with van der Waals surface area (Å²) in [5, 5.41) is 8.62. The van der Waals surface area contributed by atoms with Crippen molar-refractivity contribution < 1.29 is 9.90 Å². The second kappa shape index (κ2) is 23.0. The minimum atomic E-state index is 0.351. The first-order valence-electron chi connectivity index (χ1n) is 7.84. The van der Waals surface area contributed by atoms with Gasteiger partial charge in [-0.1, -0.05) is 64.2 Å². The summed E-state index contributed by atoms with van der Waals surface area (Å²) in [5.41, 5.74) is 0. The van der Waals surface area contributed by atoms with Crippen molar-refractivity contribution in [3.63, 3.8) is 0 Å². The van der Waals surface area contributed by atoms with Crippen LogP contribution in [0.5, 0.6) is 0 Å². The van der Waals surface area contributed by atoms with Crippen LogP contribution in [0.3, 0.4) is 0 Å². The normalized spacial score (nSPS) is 9.84. The summed E-state index contributed by atoms with van der Waals surface area (Å²) in [4.78, 5) is 10.1. The Morgan fingerprint density at radius 3 is 1.32 bits per heavy atom. The second-order valence-electron chi connectivity index (χ2n) is 4.92. The third-order valence-electron chi connectivity index (χ3n) is 3.23. The van der Waals surface area contributed by atoms with Gasteiger partial charge >= 0.3 is 0 Å². The number of carbonyl (C=O) groups excluding carboxylic acids is 1. The van der Waals surface area contributed by atoms with Crippen LogP contribution in [-0.4, -0.2) is 24.4 Å². The second-order valence-corrected chi connectivity index (χ2v) is 4.92. The highest BCUT2D eigenvalue weighted by Crippen LogP contribution is 2.12. The van der Waals surface area contributed by atoms with Crippen LogP contribution in [-0.2, 0) is 4.79 Å². The third kappa shape index (κ3) is 23.4. The third-order valence-corrected chi connectivity index (χ3v) is 3.23. The van der Waals surface area contributed by atoms with Crippen LogP contribution in [0, 0.1) is 0 Å². The Hall–Kier alpha value is -0.0800. The van der Waals surface area contributed by atoms with Crippen LogP contribution < -0.4 is 0 Å². The lowest BCUT2D eigenvalue weighted by Gasteiger charge is -2.02. The maximum atomic E-state index is 10.1. The monoisotopic (exact) mass is 292 g/mol. The Morgan fingerprint density at radius 2 is 1.00 bits per heavy atom. The van der Waals surface area contributed by atoms with Crippen LogP contribution >= 0.6 is 11.6 Å². The van der Waals surface area contributed by atoms with E-state index in [1.54, 1.807) is 0 Å². The molecule has 0 amide bonds. The summed E-state index contributed by atoms with van der Waals surface area (Å²) >= 11 is 4.64. The Balaban J connectivity index is 0.